The molecule has 0 unspecified atom stereocenters. The molecule has 12 heteroatoms. The van der Waals surface area contributed by atoms with Crippen molar-refractivity contribution in [2.45, 2.75) is 89.4 Å². The number of amides is 2. The Bertz CT molecular complexity index is 1410. The standard InChI is InChI=1S/C34H49N5O5S2/c1-25-31(27-14-7-4-8-15-27)44-34(37-25)38-19-20-39(30(24-38)32(40)35-23-29-17-11-21-45-29)33(41)28(22-26-12-5-3-6-13-26)16-9-10-18-36-46(2,42)43/h4,7-8,11,14-15,17,21,25-26,28,30-31,36H,3,5-6,9-10,12-13,16,18-20,22-24H2,1-2H3,(H,35,40)/t25-,28+,30+,31-/m1/s1. The zero-order chi connectivity index (χ0) is 32.5. The molecule has 1 aromatic carbocycles. The third-order valence-corrected chi connectivity index (χ3v) is 11.0. The van der Waals surface area contributed by atoms with Crippen LogP contribution in [0.25, 0.3) is 0 Å². The summed E-state index contributed by atoms with van der Waals surface area (Å²) in [6, 6.07) is 13.8. The van der Waals surface area contributed by atoms with E-state index in [-0.39, 0.29) is 29.9 Å². The van der Waals surface area contributed by atoms with Crippen molar-refractivity contribution in [2.24, 2.45) is 16.8 Å². The zero-order valence-corrected chi connectivity index (χ0v) is 28.7. The van der Waals surface area contributed by atoms with E-state index in [1.165, 1.54) is 19.3 Å². The van der Waals surface area contributed by atoms with E-state index >= 15 is 0 Å². The van der Waals surface area contributed by atoms with E-state index in [0.29, 0.717) is 57.5 Å². The number of carbonyl (C=O) groups is 2. The van der Waals surface area contributed by atoms with Gasteiger partial charge in [0.25, 0.3) is 6.02 Å². The number of rotatable bonds is 13. The van der Waals surface area contributed by atoms with Gasteiger partial charge in [0.2, 0.25) is 21.8 Å². The highest BCUT2D eigenvalue weighted by Gasteiger charge is 2.41. The molecule has 2 amide bonds. The monoisotopic (exact) mass is 671 g/mol. The van der Waals surface area contributed by atoms with E-state index in [1.54, 1.807) is 16.2 Å². The summed E-state index contributed by atoms with van der Waals surface area (Å²) >= 11 is 1.59. The van der Waals surface area contributed by atoms with Crippen LogP contribution in [-0.4, -0.2) is 80.6 Å². The van der Waals surface area contributed by atoms with Crippen molar-refractivity contribution in [1.82, 2.24) is 19.8 Å². The van der Waals surface area contributed by atoms with Crippen LogP contribution in [0.4, 0.5) is 0 Å². The Balaban J connectivity index is 1.30. The second-order valence-corrected chi connectivity index (χ2v) is 15.9. The summed E-state index contributed by atoms with van der Waals surface area (Å²) in [5, 5.41) is 5.08. The molecule has 0 spiro atoms. The third kappa shape index (κ3) is 9.54. The minimum atomic E-state index is -3.25. The fourth-order valence-electron chi connectivity index (χ4n) is 6.96. The molecular weight excluding hydrogens is 623 g/mol. The number of hydrogen-bond donors (Lipinski definition) is 2. The minimum absolute atomic E-state index is 0.0300. The molecule has 252 valence electrons. The van der Waals surface area contributed by atoms with Gasteiger partial charge in [-0.15, -0.1) is 11.3 Å². The van der Waals surface area contributed by atoms with Gasteiger partial charge in [0.1, 0.15) is 12.1 Å². The maximum atomic E-state index is 14.4. The maximum absolute atomic E-state index is 14.4. The number of carbonyl (C=O) groups excluding carboxylic acids is 2. The molecule has 1 saturated heterocycles. The van der Waals surface area contributed by atoms with Crippen LogP contribution in [0, 0.1) is 11.8 Å². The normalized spacial score (nSPS) is 23.1. The van der Waals surface area contributed by atoms with Crippen molar-refractivity contribution in [1.29, 1.82) is 0 Å². The SMILES string of the molecule is C[C@H]1N=C(N2CCN(C(=O)[C@@H](CCCCNS(C)(=O)=O)CC3CCCCC3)[C@H](C(=O)NCc3cccs3)C2)O[C@H]1c1ccccc1. The van der Waals surface area contributed by atoms with Crippen LogP contribution >= 0.6 is 11.3 Å². The van der Waals surface area contributed by atoms with Crippen molar-refractivity contribution < 1.29 is 22.7 Å². The molecule has 0 bridgehead atoms. The van der Waals surface area contributed by atoms with E-state index in [1.807, 2.05) is 59.7 Å². The second kappa shape index (κ2) is 16.2. The number of unbranched alkanes of at least 4 members (excludes halogenated alkanes) is 1. The smallest absolute Gasteiger partial charge is 0.288 e. The first-order valence-electron chi connectivity index (χ1n) is 16.8. The van der Waals surface area contributed by atoms with Gasteiger partial charge in [-0.25, -0.2) is 18.1 Å². The first-order chi connectivity index (χ1) is 22.2. The molecule has 46 heavy (non-hydrogen) atoms. The summed E-state index contributed by atoms with van der Waals surface area (Å²) in [5.41, 5.74) is 1.06. The highest BCUT2D eigenvalue weighted by Crippen LogP contribution is 2.34. The number of benzene rings is 1. The van der Waals surface area contributed by atoms with Gasteiger partial charge in [-0.1, -0.05) is 74.9 Å². The second-order valence-electron chi connectivity index (χ2n) is 13.0. The largest absolute Gasteiger partial charge is 0.455 e. The van der Waals surface area contributed by atoms with Gasteiger partial charge >= 0.3 is 0 Å². The van der Waals surface area contributed by atoms with Gasteiger partial charge in [0, 0.05) is 30.4 Å². The third-order valence-electron chi connectivity index (χ3n) is 9.40. The fourth-order valence-corrected chi connectivity index (χ4v) is 8.11. The molecule has 0 radical (unpaired) electrons. The Hall–Kier alpha value is -2.96. The van der Waals surface area contributed by atoms with E-state index in [2.05, 4.69) is 10.0 Å². The summed E-state index contributed by atoms with van der Waals surface area (Å²) in [6.45, 7) is 4.06. The number of aliphatic imine (C=N–C) groups is 1. The highest BCUT2D eigenvalue weighted by molar-refractivity contribution is 7.88. The van der Waals surface area contributed by atoms with Crippen LogP contribution in [0.1, 0.15) is 81.3 Å². The Morgan fingerprint density at radius 1 is 1.07 bits per heavy atom. The summed E-state index contributed by atoms with van der Waals surface area (Å²) in [5.74, 6) is 0.152. The van der Waals surface area contributed by atoms with E-state index in [0.717, 1.165) is 42.4 Å². The lowest BCUT2D eigenvalue weighted by molar-refractivity contribution is -0.147. The summed E-state index contributed by atoms with van der Waals surface area (Å²) in [7, 11) is -3.25. The van der Waals surface area contributed by atoms with Crippen molar-refractivity contribution >= 4 is 39.2 Å². The molecule has 1 aromatic heterocycles. The molecule has 1 saturated carbocycles. The predicted octanol–water partition coefficient (Wildman–Crippen LogP) is 4.70. The highest BCUT2D eigenvalue weighted by atomic mass is 32.2. The number of sulfonamides is 1. The Kier molecular flexibility index (Phi) is 12.1. The fraction of sp³-hybridized carbons (Fsp3) is 0.618. The minimum Gasteiger partial charge on any atom is -0.455 e. The quantitative estimate of drug-likeness (QED) is 0.298. The predicted molar refractivity (Wildman–Crippen MR) is 182 cm³/mol. The average molecular weight is 672 g/mol. The maximum Gasteiger partial charge on any atom is 0.288 e. The topological polar surface area (TPSA) is 120 Å². The van der Waals surface area contributed by atoms with Gasteiger partial charge in [-0.3, -0.25) is 9.59 Å². The molecule has 2 N–H and O–H groups in total. The molecule has 2 aliphatic heterocycles. The van der Waals surface area contributed by atoms with Crippen LogP contribution in [0.3, 0.4) is 0 Å². The van der Waals surface area contributed by atoms with Gasteiger partial charge in [0.05, 0.1) is 25.4 Å². The van der Waals surface area contributed by atoms with Crippen LogP contribution < -0.4 is 10.0 Å². The van der Waals surface area contributed by atoms with E-state index < -0.39 is 16.1 Å². The first-order valence-corrected chi connectivity index (χ1v) is 19.5. The summed E-state index contributed by atoms with van der Waals surface area (Å²) in [6.07, 6.45) is 9.77. The number of nitrogens with zero attached hydrogens (tertiary/aromatic N) is 3. The van der Waals surface area contributed by atoms with Crippen molar-refractivity contribution in [3.63, 3.8) is 0 Å². The summed E-state index contributed by atoms with van der Waals surface area (Å²) < 4.78 is 32.0. The molecule has 3 heterocycles. The Labute approximate surface area is 278 Å². The Morgan fingerprint density at radius 2 is 1.85 bits per heavy atom. The molecular formula is C34H49N5O5S2. The van der Waals surface area contributed by atoms with Crippen LogP contribution in [0.15, 0.2) is 52.8 Å². The molecule has 2 aromatic rings. The van der Waals surface area contributed by atoms with Crippen LogP contribution in [0.2, 0.25) is 0 Å². The number of piperazine rings is 1. The van der Waals surface area contributed by atoms with Gasteiger partial charge in [-0.05, 0) is 49.1 Å². The number of amidine groups is 1. The lowest BCUT2D eigenvalue weighted by Crippen LogP contribution is -2.62. The van der Waals surface area contributed by atoms with Crippen molar-refractivity contribution in [3.05, 3.63) is 58.3 Å². The summed E-state index contributed by atoms with van der Waals surface area (Å²) in [4.78, 5) is 38.0. The lowest BCUT2D eigenvalue weighted by atomic mass is 9.80. The molecule has 1 aliphatic carbocycles. The Morgan fingerprint density at radius 3 is 2.57 bits per heavy atom. The van der Waals surface area contributed by atoms with Gasteiger partial charge in [0.15, 0.2) is 0 Å². The van der Waals surface area contributed by atoms with Crippen molar-refractivity contribution in [3.8, 4) is 0 Å². The first kappa shape index (κ1) is 34.4. The number of ether oxygens (including phenoxy) is 1. The molecule has 5 rings (SSSR count). The molecule has 3 aliphatic rings. The van der Waals surface area contributed by atoms with E-state index in [9.17, 15) is 18.0 Å². The van der Waals surface area contributed by atoms with Crippen LogP contribution in [0.5, 0.6) is 0 Å². The molecule has 2 fully saturated rings. The molecule has 4 atom stereocenters. The van der Waals surface area contributed by atoms with Gasteiger partial charge < -0.3 is 19.9 Å². The molecule has 10 nitrogen and oxygen atoms in total. The van der Waals surface area contributed by atoms with Crippen LogP contribution in [-0.2, 0) is 30.9 Å². The van der Waals surface area contributed by atoms with Crippen molar-refractivity contribution in [2.75, 3.05) is 32.4 Å². The zero-order valence-electron chi connectivity index (χ0n) is 27.1. The average Bonchev–Trinajstić information content (AvgIpc) is 3.72. The number of nitrogens with one attached hydrogen (secondary N) is 2. The van der Waals surface area contributed by atoms with E-state index in [4.69, 9.17) is 9.73 Å². The lowest BCUT2D eigenvalue weighted by Gasteiger charge is -2.42. The number of hydrogen-bond acceptors (Lipinski definition) is 8. The van der Waals surface area contributed by atoms with Gasteiger partial charge in [-0.2, -0.15) is 0 Å². The number of thiophene rings is 1.